The SMILES string of the molecule is COc1cccc(CCC(=O)NCC2(c3ccccc3)CCCC2)c1OC. The molecule has 4 nitrogen and oxygen atoms in total. The second-order valence-corrected chi connectivity index (χ2v) is 7.28. The van der Waals surface area contributed by atoms with Gasteiger partial charge in [0.05, 0.1) is 14.2 Å². The summed E-state index contributed by atoms with van der Waals surface area (Å²) in [6, 6.07) is 16.4. The molecule has 0 spiro atoms. The Balaban J connectivity index is 1.60. The molecule has 2 aromatic rings. The van der Waals surface area contributed by atoms with E-state index in [1.54, 1.807) is 14.2 Å². The van der Waals surface area contributed by atoms with E-state index >= 15 is 0 Å². The van der Waals surface area contributed by atoms with E-state index in [-0.39, 0.29) is 11.3 Å². The smallest absolute Gasteiger partial charge is 0.220 e. The highest BCUT2D eigenvalue weighted by molar-refractivity contribution is 5.76. The molecule has 1 saturated carbocycles. The molecule has 2 aromatic carbocycles. The summed E-state index contributed by atoms with van der Waals surface area (Å²) < 4.78 is 10.8. The number of rotatable bonds is 8. The molecule has 0 bridgehead atoms. The van der Waals surface area contributed by atoms with Crippen molar-refractivity contribution in [3.05, 3.63) is 59.7 Å². The van der Waals surface area contributed by atoms with E-state index in [1.807, 2.05) is 24.3 Å². The largest absolute Gasteiger partial charge is 0.493 e. The molecule has 0 heterocycles. The molecular formula is C23H29NO3. The van der Waals surface area contributed by atoms with Crippen molar-refractivity contribution >= 4 is 5.91 Å². The third-order valence-electron chi connectivity index (χ3n) is 5.68. The van der Waals surface area contributed by atoms with Crippen molar-refractivity contribution in [2.75, 3.05) is 20.8 Å². The number of amides is 1. The Morgan fingerprint density at radius 3 is 2.41 bits per heavy atom. The second-order valence-electron chi connectivity index (χ2n) is 7.28. The number of aryl methyl sites for hydroxylation is 1. The minimum atomic E-state index is 0.0853. The third kappa shape index (κ3) is 4.44. The van der Waals surface area contributed by atoms with Crippen LogP contribution in [-0.4, -0.2) is 26.7 Å². The molecular weight excluding hydrogens is 338 g/mol. The summed E-state index contributed by atoms with van der Waals surface area (Å²) in [6.07, 6.45) is 5.80. The van der Waals surface area contributed by atoms with Gasteiger partial charge in [-0.05, 0) is 36.5 Å². The summed E-state index contributed by atoms with van der Waals surface area (Å²) in [5.41, 5.74) is 2.42. The van der Waals surface area contributed by atoms with Crippen LogP contribution in [0.25, 0.3) is 0 Å². The summed E-state index contributed by atoms with van der Waals surface area (Å²) in [5.74, 6) is 1.50. The van der Waals surface area contributed by atoms with Gasteiger partial charge in [-0.15, -0.1) is 0 Å². The Hall–Kier alpha value is -2.49. The molecule has 27 heavy (non-hydrogen) atoms. The first-order valence-corrected chi connectivity index (χ1v) is 9.70. The molecule has 3 rings (SSSR count). The molecule has 0 aliphatic heterocycles. The molecule has 0 atom stereocenters. The Kier molecular flexibility index (Phi) is 6.38. The molecule has 0 saturated heterocycles. The van der Waals surface area contributed by atoms with Gasteiger partial charge in [0.2, 0.25) is 5.91 Å². The van der Waals surface area contributed by atoms with Crippen LogP contribution < -0.4 is 14.8 Å². The number of nitrogens with one attached hydrogen (secondary N) is 1. The fraction of sp³-hybridized carbons (Fsp3) is 0.435. The molecule has 0 unspecified atom stereocenters. The van der Waals surface area contributed by atoms with Crippen molar-refractivity contribution in [2.45, 2.75) is 43.9 Å². The summed E-state index contributed by atoms with van der Waals surface area (Å²) in [6.45, 7) is 0.713. The number of methoxy groups -OCH3 is 2. The summed E-state index contributed by atoms with van der Waals surface area (Å²) >= 11 is 0. The molecule has 1 fully saturated rings. The van der Waals surface area contributed by atoms with E-state index in [0.717, 1.165) is 18.4 Å². The van der Waals surface area contributed by atoms with E-state index in [9.17, 15) is 4.79 Å². The van der Waals surface area contributed by atoms with E-state index in [0.29, 0.717) is 30.9 Å². The summed E-state index contributed by atoms with van der Waals surface area (Å²) in [5, 5.41) is 3.19. The molecule has 4 heteroatoms. The molecule has 1 aliphatic carbocycles. The first-order valence-electron chi connectivity index (χ1n) is 9.70. The molecule has 1 aliphatic rings. The number of benzene rings is 2. The third-order valence-corrected chi connectivity index (χ3v) is 5.68. The Bertz CT molecular complexity index is 751. The van der Waals surface area contributed by atoms with Gasteiger partial charge in [-0.3, -0.25) is 4.79 Å². The predicted octanol–water partition coefficient (Wildman–Crippen LogP) is 4.26. The highest BCUT2D eigenvalue weighted by Gasteiger charge is 2.35. The van der Waals surface area contributed by atoms with Crippen LogP contribution in [-0.2, 0) is 16.6 Å². The first-order chi connectivity index (χ1) is 13.2. The zero-order valence-corrected chi connectivity index (χ0v) is 16.3. The fourth-order valence-corrected chi connectivity index (χ4v) is 4.17. The Morgan fingerprint density at radius 2 is 1.74 bits per heavy atom. The van der Waals surface area contributed by atoms with Gasteiger partial charge >= 0.3 is 0 Å². The lowest BCUT2D eigenvalue weighted by atomic mass is 9.79. The van der Waals surface area contributed by atoms with Gasteiger partial charge in [-0.1, -0.05) is 55.3 Å². The van der Waals surface area contributed by atoms with Crippen LogP contribution in [0, 0.1) is 0 Å². The predicted molar refractivity (Wildman–Crippen MR) is 107 cm³/mol. The average Bonchev–Trinajstić information content (AvgIpc) is 3.21. The van der Waals surface area contributed by atoms with Crippen molar-refractivity contribution in [3.8, 4) is 11.5 Å². The van der Waals surface area contributed by atoms with Crippen molar-refractivity contribution in [2.24, 2.45) is 0 Å². The maximum atomic E-state index is 12.5. The average molecular weight is 367 g/mol. The van der Waals surface area contributed by atoms with Crippen LogP contribution >= 0.6 is 0 Å². The van der Waals surface area contributed by atoms with Gasteiger partial charge in [0.25, 0.3) is 0 Å². The van der Waals surface area contributed by atoms with Gasteiger partial charge in [-0.2, -0.15) is 0 Å². The quantitative estimate of drug-likeness (QED) is 0.758. The monoisotopic (exact) mass is 367 g/mol. The van der Waals surface area contributed by atoms with Crippen LogP contribution in [0.1, 0.15) is 43.2 Å². The highest BCUT2D eigenvalue weighted by Crippen LogP contribution is 2.40. The van der Waals surface area contributed by atoms with Crippen LogP contribution in [0.3, 0.4) is 0 Å². The van der Waals surface area contributed by atoms with Crippen molar-refractivity contribution < 1.29 is 14.3 Å². The molecule has 1 amide bonds. The zero-order valence-electron chi connectivity index (χ0n) is 16.3. The van der Waals surface area contributed by atoms with E-state index in [2.05, 4.69) is 29.6 Å². The number of para-hydroxylation sites is 1. The van der Waals surface area contributed by atoms with Crippen LogP contribution in [0.4, 0.5) is 0 Å². The number of hydrogen-bond donors (Lipinski definition) is 1. The van der Waals surface area contributed by atoms with E-state index in [1.165, 1.54) is 18.4 Å². The Morgan fingerprint density at radius 1 is 1.00 bits per heavy atom. The van der Waals surface area contributed by atoms with Gasteiger partial charge < -0.3 is 14.8 Å². The van der Waals surface area contributed by atoms with Gasteiger partial charge in [0.15, 0.2) is 11.5 Å². The summed E-state index contributed by atoms with van der Waals surface area (Å²) in [4.78, 5) is 12.5. The lowest BCUT2D eigenvalue weighted by Gasteiger charge is -2.30. The van der Waals surface area contributed by atoms with Crippen LogP contribution in [0.15, 0.2) is 48.5 Å². The minimum absolute atomic E-state index is 0.0853. The zero-order chi connectivity index (χ0) is 19.1. The lowest BCUT2D eigenvalue weighted by Crippen LogP contribution is -2.39. The van der Waals surface area contributed by atoms with E-state index in [4.69, 9.17) is 9.47 Å². The van der Waals surface area contributed by atoms with Gasteiger partial charge in [0.1, 0.15) is 0 Å². The standard InChI is InChI=1S/C23H29NO3/c1-26-20-12-8-9-18(22(20)27-2)13-14-21(25)24-17-23(15-6-7-16-23)19-10-4-3-5-11-19/h3-5,8-12H,6-7,13-17H2,1-2H3,(H,24,25). The topological polar surface area (TPSA) is 47.6 Å². The molecule has 0 aromatic heterocycles. The van der Waals surface area contributed by atoms with Crippen molar-refractivity contribution in [1.82, 2.24) is 5.32 Å². The maximum Gasteiger partial charge on any atom is 0.220 e. The number of ether oxygens (including phenoxy) is 2. The van der Waals surface area contributed by atoms with Crippen LogP contribution in [0.2, 0.25) is 0 Å². The highest BCUT2D eigenvalue weighted by atomic mass is 16.5. The fourth-order valence-electron chi connectivity index (χ4n) is 4.17. The van der Waals surface area contributed by atoms with Gasteiger partial charge in [0, 0.05) is 18.4 Å². The Labute approximate surface area is 161 Å². The van der Waals surface area contributed by atoms with Crippen LogP contribution in [0.5, 0.6) is 11.5 Å². The van der Waals surface area contributed by atoms with Gasteiger partial charge in [-0.25, -0.2) is 0 Å². The van der Waals surface area contributed by atoms with Crippen molar-refractivity contribution in [1.29, 1.82) is 0 Å². The minimum Gasteiger partial charge on any atom is -0.493 e. The molecule has 144 valence electrons. The lowest BCUT2D eigenvalue weighted by molar-refractivity contribution is -0.121. The van der Waals surface area contributed by atoms with Crippen molar-refractivity contribution in [3.63, 3.8) is 0 Å². The normalized spacial score (nSPS) is 15.3. The first kappa shape index (κ1) is 19.3. The summed E-state index contributed by atoms with van der Waals surface area (Å²) in [7, 11) is 3.25. The maximum absolute atomic E-state index is 12.5. The van der Waals surface area contributed by atoms with E-state index < -0.39 is 0 Å². The molecule has 0 radical (unpaired) electrons. The number of carbonyl (C=O) groups excluding carboxylic acids is 1. The number of carbonyl (C=O) groups is 1. The molecule has 1 N–H and O–H groups in total. The number of hydrogen-bond acceptors (Lipinski definition) is 3. The second kappa shape index (κ2) is 8.94.